The highest BCUT2D eigenvalue weighted by Gasteiger charge is 2.41. The van der Waals surface area contributed by atoms with Crippen LogP contribution in [0.25, 0.3) is 0 Å². The lowest BCUT2D eigenvalue weighted by Gasteiger charge is -2.41. The molecule has 1 aromatic rings. The molecule has 9 heteroatoms. The third-order valence-corrected chi connectivity index (χ3v) is 6.68. The number of amides is 1. The minimum atomic E-state index is -3.67. The van der Waals surface area contributed by atoms with Gasteiger partial charge in [0.15, 0.2) is 0 Å². The summed E-state index contributed by atoms with van der Waals surface area (Å²) in [5, 5.41) is 11.3. The quantitative estimate of drug-likeness (QED) is 0.596. The first kappa shape index (κ1) is 25.0. The van der Waals surface area contributed by atoms with Crippen LogP contribution < -0.4 is 0 Å². The van der Waals surface area contributed by atoms with E-state index in [0.717, 1.165) is 11.8 Å². The maximum Gasteiger partial charge on any atom is 0.410 e. The van der Waals surface area contributed by atoms with E-state index in [2.05, 4.69) is 0 Å². The van der Waals surface area contributed by atoms with Crippen LogP contribution in [0.2, 0.25) is 0 Å². The lowest BCUT2D eigenvalue weighted by molar-refractivity contribution is -0.0553. The second-order valence-corrected chi connectivity index (χ2v) is 11.4. The molecular weight excluding hydrogens is 426 g/mol. The molecule has 2 rings (SSSR count). The van der Waals surface area contributed by atoms with Crippen LogP contribution in [-0.2, 0) is 24.8 Å². The van der Waals surface area contributed by atoms with Gasteiger partial charge in [-0.1, -0.05) is 30.3 Å². The van der Waals surface area contributed by atoms with E-state index in [-0.39, 0.29) is 18.6 Å². The van der Waals surface area contributed by atoms with E-state index in [1.807, 2.05) is 51.1 Å². The van der Waals surface area contributed by atoms with E-state index < -0.39 is 21.3 Å². The molecule has 7 nitrogen and oxygen atoms in total. The van der Waals surface area contributed by atoms with Gasteiger partial charge in [0.25, 0.3) is 10.1 Å². The molecule has 0 saturated carbocycles. The summed E-state index contributed by atoms with van der Waals surface area (Å²) in [7, 11) is -3.67. The molecule has 1 atom stereocenters. The molecule has 1 N–H and O–H groups in total. The van der Waals surface area contributed by atoms with Crippen molar-refractivity contribution in [3.05, 3.63) is 35.9 Å². The summed E-state index contributed by atoms with van der Waals surface area (Å²) in [4.78, 5) is 13.9. The van der Waals surface area contributed by atoms with Crippen molar-refractivity contribution in [2.24, 2.45) is 5.92 Å². The van der Waals surface area contributed by atoms with Crippen molar-refractivity contribution in [2.75, 3.05) is 31.7 Å². The number of hydrogen-bond donors (Lipinski definition) is 1. The highest BCUT2D eigenvalue weighted by atomic mass is 32.2. The number of likely N-dealkylation sites (tertiary alicyclic amines) is 1. The molecule has 1 fully saturated rings. The molecule has 0 bridgehead atoms. The maximum absolute atomic E-state index is 12.3. The van der Waals surface area contributed by atoms with Crippen molar-refractivity contribution in [1.82, 2.24) is 4.90 Å². The largest absolute Gasteiger partial charge is 0.444 e. The second kappa shape index (κ2) is 10.3. The smallest absolute Gasteiger partial charge is 0.410 e. The van der Waals surface area contributed by atoms with Crippen LogP contribution in [0.4, 0.5) is 4.79 Å². The third kappa shape index (κ3) is 8.45. The highest BCUT2D eigenvalue weighted by molar-refractivity contribution is 7.98. The molecule has 1 saturated heterocycles. The second-order valence-electron chi connectivity index (χ2n) is 8.79. The van der Waals surface area contributed by atoms with E-state index in [0.29, 0.717) is 37.4 Å². The fourth-order valence-corrected chi connectivity index (χ4v) is 4.95. The lowest BCUT2D eigenvalue weighted by Crippen LogP contribution is -2.51. The number of carbonyl (C=O) groups is 1. The third-order valence-electron chi connectivity index (χ3n) is 4.89. The molecule has 170 valence electrons. The van der Waals surface area contributed by atoms with Crippen LogP contribution in [0.3, 0.4) is 0 Å². The Morgan fingerprint density at radius 3 is 2.33 bits per heavy atom. The molecule has 0 unspecified atom stereocenters. The van der Waals surface area contributed by atoms with Crippen LogP contribution in [0.15, 0.2) is 30.3 Å². The zero-order valence-electron chi connectivity index (χ0n) is 18.2. The molecule has 0 aromatic heterocycles. The van der Waals surface area contributed by atoms with Crippen LogP contribution in [0.5, 0.6) is 0 Å². The fourth-order valence-electron chi connectivity index (χ4n) is 3.33. The molecule has 1 aliphatic heterocycles. The number of rotatable bonds is 8. The summed E-state index contributed by atoms with van der Waals surface area (Å²) in [6, 6.07) is 9.89. The minimum absolute atomic E-state index is 0.179. The van der Waals surface area contributed by atoms with Crippen LogP contribution >= 0.6 is 11.8 Å². The minimum Gasteiger partial charge on any atom is -0.444 e. The molecule has 30 heavy (non-hydrogen) atoms. The van der Waals surface area contributed by atoms with Crippen molar-refractivity contribution in [3.63, 3.8) is 0 Å². The van der Waals surface area contributed by atoms with Gasteiger partial charge >= 0.3 is 6.09 Å². The van der Waals surface area contributed by atoms with Gasteiger partial charge in [-0.2, -0.15) is 20.2 Å². The Morgan fingerprint density at radius 1 is 1.20 bits per heavy atom. The van der Waals surface area contributed by atoms with Gasteiger partial charge in [0.2, 0.25) is 0 Å². The number of benzene rings is 1. The summed E-state index contributed by atoms with van der Waals surface area (Å²) in [6.45, 7) is 6.08. The molecule has 1 aromatic carbocycles. The van der Waals surface area contributed by atoms with Crippen LogP contribution in [0, 0.1) is 5.92 Å². The molecule has 1 amide bonds. The Labute approximate surface area is 184 Å². The Bertz CT molecular complexity index is 785. The van der Waals surface area contributed by atoms with Gasteiger partial charge in [-0.25, -0.2) is 4.79 Å². The standard InChI is InChI=1S/C21H33NO6S2/c1-20(2,3)28-19(23)22-12-10-18(11-13-22)21(24,15-27-30(4,25)26)16-29-14-17-8-6-5-7-9-17/h5-9,18,24H,10-16H2,1-4H3/t21-/m1/s1. The van der Waals surface area contributed by atoms with Crippen molar-refractivity contribution in [1.29, 1.82) is 0 Å². The summed E-state index contributed by atoms with van der Waals surface area (Å²) >= 11 is 1.54. The number of hydrogen-bond acceptors (Lipinski definition) is 7. The van der Waals surface area contributed by atoms with Gasteiger partial charge in [0.05, 0.1) is 12.9 Å². The van der Waals surface area contributed by atoms with Gasteiger partial charge in [0, 0.05) is 24.6 Å². The number of ether oxygens (including phenoxy) is 1. The topological polar surface area (TPSA) is 93.1 Å². The van der Waals surface area contributed by atoms with E-state index in [9.17, 15) is 18.3 Å². The van der Waals surface area contributed by atoms with E-state index >= 15 is 0 Å². The average molecular weight is 460 g/mol. The van der Waals surface area contributed by atoms with Crippen molar-refractivity contribution >= 4 is 28.0 Å². The Balaban J connectivity index is 1.99. The van der Waals surface area contributed by atoms with Crippen molar-refractivity contribution in [3.8, 4) is 0 Å². The van der Waals surface area contributed by atoms with Crippen LogP contribution in [-0.4, -0.2) is 67.4 Å². The predicted octanol–water partition coefficient (Wildman–Crippen LogP) is 3.27. The number of piperidine rings is 1. The zero-order chi connectivity index (χ0) is 22.4. The molecule has 1 aliphatic rings. The van der Waals surface area contributed by atoms with Gasteiger partial charge < -0.3 is 14.7 Å². The van der Waals surface area contributed by atoms with Gasteiger partial charge in [0.1, 0.15) is 11.2 Å². The Kier molecular flexibility index (Phi) is 8.61. The first-order valence-corrected chi connectivity index (χ1v) is 13.0. The SMILES string of the molecule is CC(C)(C)OC(=O)N1CCC([C@@](O)(COS(C)(=O)=O)CSCc2ccccc2)CC1. The fraction of sp³-hybridized carbons (Fsp3) is 0.667. The summed E-state index contributed by atoms with van der Waals surface area (Å²) in [6.07, 6.45) is 1.72. The van der Waals surface area contributed by atoms with Crippen LogP contribution in [0.1, 0.15) is 39.2 Å². The summed E-state index contributed by atoms with van der Waals surface area (Å²) in [5.41, 5.74) is -0.733. The van der Waals surface area contributed by atoms with E-state index in [1.54, 1.807) is 16.7 Å². The first-order valence-electron chi connectivity index (χ1n) is 10.0. The normalized spacial score (nSPS) is 18.1. The first-order chi connectivity index (χ1) is 13.9. The molecule has 0 aliphatic carbocycles. The highest BCUT2D eigenvalue weighted by Crippen LogP contribution is 2.33. The monoisotopic (exact) mass is 459 g/mol. The molecule has 0 spiro atoms. The van der Waals surface area contributed by atoms with Crippen molar-refractivity contribution < 1.29 is 27.2 Å². The molecule has 1 heterocycles. The molecule has 0 radical (unpaired) electrons. The predicted molar refractivity (Wildman–Crippen MR) is 119 cm³/mol. The van der Waals surface area contributed by atoms with Gasteiger partial charge in [-0.05, 0) is 45.1 Å². The van der Waals surface area contributed by atoms with Crippen molar-refractivity contribution in [2.45, 2.75) is 50.6 Å². The van der Waals surface area contributed by atoms with Gasteiger partial charge in [-0.3, -0.25) is 4.18 Å². The van der Waals surface area contributed by atoms with Gasteiger partial charge in [-0.15, -0.1) is 0 Å². The Hall–Kier alpha value is -1.29. The number of aliphatic hydroxyl groups is 1. The van der Waals surface area contributed by atoms with E-state index in [1.165, 1.54) is 0 Å². The molecular formula is C21H33NO6S2. The Morgan fingerprint density at radius 2 is 1.80 bits per heavy atom. The average Bonchev–Trinajstić information content (AvgIpc) is 2.65. The summed E-state index contributed by atoms with van der Waals surface area (Å²) in [5.74, 6) is 0.869. The lowest BCUT2D eigenvalue weighted by atomic mass is 9.82. The number of nitrogens with zero attached hydrogens (tertiary/aromatic N) is 1. The number of thioether (sulfide) groups is 1. The summed E-state index contributed by atoms with van der Waals surface area (Å²) < 4.78 is 33.5. The number of carbonyl (C=O) groups excluding carboxylic acids is 1. The van der Waals surface area contributed by atoms with E-state index in [4.69, 9.17) is 8.92 Å². The maximum atomic E-state index is 12.3. The zero-order valence-corrected chi connectivity index (χ0v) is 19.8.